The van der Waals surface area contributed by atoms with Gasteiger partial charge in [-0.3, -0.25) is 0 Å². The van der Waals surface area contributed by atoms with Crippen LogP contribution in [-0.4, -0.2) is 9.97 Å². The van der Waals surface area contributed by atoms with Crippen LogP contribution in [0, 0.1) is 17.5 Å². The molecule has 1 heterocycles. The van der Waals surface area contributed by atoms with Crippen molar-refractivity contribution < 1.29 is 26.3 Å². The molecule has 0 bridgehead atoms. The van der Waals surface area contributed by atoms with E-state index in [4.69, 9.17) is 0 Å². The lowest BCUT2D eigenvalue weighted by Gasteiger charge is -2.12. The smallest absolute Gasteiger partial charge is 0.241 e. The van der Waals surface area contributed by atoms with Gasteiger partial charge in [-0.2, -0.15) is 13.2 Å². The van der Waals surface area contributed by atoms with Crippen molar-refractivity contribution in [2.75, 3.05) is 0 Å². The van der Waals surface area contributed by atoms with Gasteiger partial charge in [-0.25, -0.2) is 23.1 Å². The molecule has 0 saturated carbocycles. The minimum absolute atomic E-state index is 0.0106. The van der Waals surface area contributed by atoms with Crippen molar-refractivity contribution in [3.8, 4) is 0 Å². The van der Waals surface area contributed by atoms with Crippen LogP contribution in [0.3, 0.4) is 0 Å². The number of fused-ring (bicyclic) bond motifs is 1. The van der Waals surface area contributed by atoms with Gasteiger partial charge in [0.05, 0.1) is 0 Å². The van der Waals surface area contributed by atoms with Crippen LogP contribution in [0.15, 0.2) is 54.9 Å². The van der Waals surface area contributed by atoms with Gasteiger partial charge in [0.25, 0.3) is 0 Å². The van der Waals surface area contributed by atoms with Crippen LogP contribution < -0.4 is 0 Å². The van der Waals surface area contributed by atoms with Crippen LogP contribution in [0.25, 0.3) is 10.8 Å². The maximum atomic E-state index is 15.1. The summed E-state index contributed by atoms with van der Waals surface area (Å²) in [6.45, 7) is 2.03. The molecule has 0 aliphatic rings. The number of aryl methyl sites for hydroxylation is 5. The van der Waals surface area contributed by atoms with Crippen LogP contribution in [0.4, 0.5) is 26.3 Å². The molecule has 0 spiro atoms. The molecule has 4 rings (SSSR count). The molecule has 0 aliphatic carbocycles. The molecule has 2 nitrogen and oxygen atoms in total. The maximum absolute atomic E-state index is 15.1. The van der Waals surface area contributed by atoms with E-state index >= 15 is 4.39 Å². The third kappa shape index (κ3) is 5.63. The number of halogens is 6. The average molecular weight is 488 g/mol. The predicted molar refractivity (Wildman–Crippen MR) is 121 cm³/mol. The number of benzene rings is 3. The van der Waals surface area contributed by atoms with Crippen molar-refractivity contribution in [3.63, 3.8) is 0 Å². The highest BCUT2D eigenvalue weighted by atomic mass is 19.4. The molecule has 0 N–H and O–H groups in total. The van der Waals surface area contributed by atoms with E-state index in [-0.39, 0.29) is 18.4 Å². The Kier molecular flexibility index (Phi) is 7.10. The van der Waals surface area contributed by atoms with E-state index in [1.807, 2.05) is 31.5 Å². The zero-order chi connectivity index (χ0) is 25.2. The molecule has 35 heavy (non-hydrogen) atoms. The topological polar surface area (TPSA) is 25.8 Å². The van der Waals surface area contributed by atoms with E-state index < -0.39 is 29.2 Å². The quantitative estimate of drug-likeness (QED) is 0.257. The van der Waals surface area contributed by atoms with E-state index in [1.165, 1.54) is 0 Å². The Morgan fingerprint density at radius 2 is 1.37 bits per heavy atom. The van der Waals surface area contributed by atoms with Gasteiger partial charge in [0.15, 0.2) is 0 Å². The first-order valence-electron chi connectivity index (χ1n) is 11.2. The summed E-state index contributed by atoms with van der Waals surface area (Å²) >= 11 is 0. The number of nitrogens with zero attached hydrogens (tertiary/aromatic N) is 2. The molecule has 8 heteroatoms. The van der Waals surface area contributed by atoms with E-state index in [1.54, 1.807) is 18.2 Å². The van der Waals surface area contributed by atoms with Crippen molar-refractivity contribution in [1.82, 2.24) is 9.97 Å². The fourth-order valence-corrected chi connectivity index (χ4v) is 4.00. The van der Waals surface area contributed by atoms with Gasteiger partial charge < -0.3 is 0 Å². The minimum Gasteiger partial charge on any atom is -0.241 e. The first kappa shape index (κ1) is 24.7. The molecule has 3 aromatic carbocycles. The lowest BCUT2D eigenvalue weighted by Crippen LogP contribution is -2.12. The van der Waals surface area contributed by atoms with Crippen LogP contribution in [0.5, 0.6) is 0 Å². The molecular weight excluding hydrogens is 466 g/mol. The number of hydrogen-bond acceptors (Lipinski definition) is 2. The standard InChI is InChI=1S/C27H22F6N2/c1-2-16-14-34-24(35-15-16)10-5-17-4-9-21-20(11-17)8-7-19(26(21)30)6-3-18-12-22(28)25(23(29)13-18)27(31,32)33/h4,7-9,11-15H,2-3,5-6,10H2,1H3. The van der Waals surface area contributed by atoms with Crippen molar-refractivity contribution in [2.24, 2.45) is 0 Å². The fraction of sp³-hybridized carbons (Fsp3) is 0.259. The predicted octanol–water partition coefficient (Wildman–Crippen LogP) is 7.20. The molecule has 0 radical (unpaired) electrons. The third-order valence-corrected chi connectivity index (χ3v) is 5.97. The summed E-state index contributed by atoms with van der Waals surface area (Å²) in [6.07, 6.45) is 0.786. The van der Waals surface area contributed by atoms with Crippen LogP contribution in [0.2, 0.25) is 0 Å². The van der Waals surface area contributed by atoms with E-state index in [9.17, 15) is 22.0 Å². The van der Waals surface area contributed by atoms with Gasteiger partial charge in [-0.15, -0.1) is 0 Å². The van der Waals surface area contributed by atoms with Crippen LogP contribution >= 0.6 is 0 Å². The fourth-order valence-electron chi connectivity index (χ4n) is 4.00. The molecule has 0 saturated heterocycles. The van der Waals surface area contributed by atoms with Gasteiger partial charge in [-0.1, -0.05) is 37.3 Å². The first-order valence-corrected chi connectivity index (χ1v) is 11.2. The van der Waals surface area contributed by atoms with Gasteiger partial charge in [0, 0.05) is 24.2 Å². The second kappa shape index (κ2) is 10.1. The van der Waals surface area contributed by atoms with Gasteiger partial charge in [0.2, 0.25) is 0 Å². The Bertz CT molecular complexity index is 1320. The summed E-state index contributed by atoms with van der Waals surface area (Å²) in [5.74, 6) is -3.07. The SMILES string of the molecule is CCc1cnc(CCc2ccc3c(F)c(CCc4cc(F)c(C(F)(F)F)c(F)c4)ccc3c2)nc1. The second-order valence-corrected chi connectivity index (χ2v) is 8.39. The molecule has 0 aliphatic heterocycles. The summed E-state index contributed by atoms with van der Waals surface area (Å²) in [4.78, 5) is 8.70. The summed E-state index contributed by atoms with van der Waals surface area (Å²) < 4.78 is 81.0. The Balaban J connectivity index is 1.47. The zero-order valence-electron chi connectivity index (χ0n) is 18.9. The van der Waals surface area contributed by atoms with Crippen LogP contribution in [0.1, 0.15) is 40.6 Å². The summed E-state index contributed by atoms with van der Waals surface area (Å²) in [5.41, 5.74) is 0.494. The maximum Gasteiger partial charge on any atom is 0.422 e. The van der Waals surface area contributed by atoms with Gasteiger partial charge in [0.1, 0.15) is 28.8 Å². The van der Waals surface area contributed by atoms with E-state index in [0.29, 0.717) is 41.3 Å². The summed E-state index contributed by atoms with van der Waals surface area (Å²) in [6, 6.07) is 10.1. The number of hydrogen-bond donors (Lipinski definition) is 0. The molecule has 4 aromatic rings. The third-order valence-electron chi connectivity index (χ3n) is 5.97. The Morgan fingerprint density at radius 3 is 2.00 bits per heavy atom. The van der Waals surface area contributed by atoms with Crippen molar-refractivity contribution >= 4 is 10.8 Å². The van der Waals surface area contributed by atoms with E-state index in [0.717, 1.165) is 23.4 Å². The summed E-state index contributed by atoms with van der Waals surface area (Å²) in [7, 11) is 0. The minimum atomic E-state index is -5.12. The zero-order valence-corrected chi connectivity index (χ0v) is 18.9. The van der Waals surface area contributed by atoms with Crippen LogP contribution in [-0.2, 0) is 38.3 Å². The molecule has 182 valence electrons. The second-order valence-electron chi connectivity index (χ2n) is 8.39. The van der Waals surface area contributed by atoms with Crippen molar-refractivity contribution in [2.45, 2.75) is 45.2 Å². The first-order chi connectivity index (χ1) is 16.7. The molecule has 0 amide bonds. The molecular formula is C27H22F6N2. The Hall–Kier alpha value is -3.42. The monoisotopic (exact) mass is 488 g/mol. The van der Waals surface area contributed by atoms with E-state index in [2.05, 4.69) is 9.97 Å². The normalized spacial score (nSPS) is 11.9. The number of rotatable bonds is 7. The average Bonchev–Trinajstić information content (AvgIpc) is 2.81. The molecule has 0 atom stereocenters. The Labute approximate surface area is 198 Å². The lowest BCUT2D eigenvalue weighted by molar-refractivity contribution is -0.142. The van der Waals surface area contributed by atoms with Crippen molar-refractivity contribution in [1.29, 1.82) is 0 Å². The summed E-state index contributed by atoms with van der Waals surface area (Å²) in [5, 5.41) is 1.11. The highest BCUT2D eigenvalue weighted by molar-refractivity contribution is 5.84. The number of aromatic nitrogens is 2. The highest BCUT2D eigenvalue weighted by Crippen LogP contribution is 2.34. The lowest BCUT2D eigenvalue weighted by atomic mass is 9.97. The number of alkyl halides is 3. The van der Waals surface area contributed by atoms with Crippen molar-refractivity contribution in [3.05, 3.63) is 106 Å². The van der Waals surface area contributed by atoms with Gasteiger partial charge in [-0.05, 0) is 65.5 Å². The Morgan fingerprint density at radius 1 is 0.714 bits per heavy atom. The largest absolute Gasteiger partial charge is 0.422 e. The molecule has 0 unspecified atom stereocenters. The molecule has 0 fully saturated rings. The molecule has 1 aromatic heterocycles. The highest BCUT2D eigenvalue weighted by Gasteiger charge is 2.37. The van der Waals surface area contributed by atoms with Gasteiger partial charge >= 0.3 is 6.18 Å².